The minimum absolute atomic E-state index is 0.384. The quantitative estimate of drug-likeness (QED) is 0.841. The van der Waals surface area contributed by atoms with E-state index < -0.39 is 12.0 Å². The summed E-state index contributed by atoms with van der Waals surface area (Å²) in [7, 11) is 1.55. The van der Waals surface area contributed by atoms with Gasteiger partial charge in [0.1, 0.15) is 11.8 Å². The van der Waals surface area contributed by atoms with Gasteiger partial charge in [0, 0.05) is 12.7 Å². The van der Waals surface area contributed by atoms with Gasteiger partial charge in [-0.2, -0.15) is 0 Å². The van der Waals surface area contributed by atoms with E-state index in [-0.39, 0.29) is 0 Å². The first-order chi connectivity index (χ1) is 9.70. The van der Waals surface area contributed by atoms with Gasteiger partial charge in [-0.05, 0) is 29.8 Å². The Hall–Kier alpha value is -2.40. The van der Waals surface area contributed by atoms with E-state index in [1.165, 1.54) is 0 Å². The third-order valence-corrected chi connectivity index (χ3v) is 2.89. The van der Waals surface area contributed by atoms with Crippen LogP contribution in [0.1, 0.15) is 17.3 Å². The molecular weight excluding hydrogens is 256 g/mol. The number of methoxy groups -OCH3 is 1. The molecule has 1 aromatic carbocycles. The molecule has 1 atom stereocenters. The summed E-state index contributed by atoms with van der Waals surface area (Å²) in [5, 5.41) is 12.3. The molecule has 0 aliphatic carbocycles. The van der Waals surface area contributed by atoms with E-state index in [1.54, 1.807) is 37.6 Å². The van der Waals surface area contributed by atoms with Crippen LogP contribution < -0.4 is 10.1 Å². The van der Waals surface area contributed by atoms with E-state index in [9.17, 15) is 9.90 Å². The molecule has 0 amide bonds. The van der Waals surface area contributed by atoms with Crippen LogP contribution in [0.4, 0.5) is 0 Å². The second-order valence-corrected chi connectivity index (χ2v) is 4.25. The maximum Gasteiger partial charge on any atom is 0.325 e. The monoisotopic (exact) mass is 272 g/mol. The SMILES string of the molecule is COc1cccc(C(NCc2ccccn2)C(=O)O)c1. The van der Waals surface area contributed by atoms with Crippen LogP contribution in [0.25, 0.3) is 0 Å². The van der Waals surface area contributed by atoms with Gasteiger partial charge in [0.15, 0.2) is 0 Å². The number of carboxylic acid groups (broad SMARTS) is 1. The zero-order valence-electron chi connectivity index (χ0n) is 11.1. The minimum Gasteiger partial charge on any atom is -0.497 e. The summed E-state index contributed by atoms with van der Waals surface area (Å²) in [6.07, 6.45) is 1.68. The maximum atomic E-state index is 11.4. The highest BCUT2D eigenvalue weighted by molar-refractivity contribution is 5.75. The maximum absolute atomic E-state index is 11.4. The first-order valence-electron chi connectivity index (χ1n) is 6.21. The summed E-state index contributed by atoms with van der Waals surface area (Å²) in [6.45, 7) is 0.384. The van der Waals surface area contributed by atoms with Gasteiger partial charge < -0.3 is 9.84 Å². The smallest absolute Gasteiger partial charge is 0.325 e. The molecule has 0 saturated carbocycles. The summed E-state index contributed by atoms with van der Waals surface area (Å²) in [5.41, 5.74) is 1.44. The molecule has 1 heterocycles. The number of aliphatic carboxylic acids is 1. The van der Waals surface area contributed by atoms with Crippen molar-refractivity contribution in [2.45, 2.75) is 12.6 Å². The standard InChI is InChI=1S/C15H16N2O3/c1-20-13-7-4-5-11(9-13)14(15(18)19)17-10-12-6-2-3-8-16-12/h2-9,14,17H,10H2,1H3,(H,18,19). The molecule has 0 fully saturated rings. The highest BCUT2D eigenvalue weighted by Crippen LogP contribution is 2.19. The fourth-order valence-corrected chi connectivity index (χ4v) is 1.88. The Balaban J connectivity index is 2.12. The molecule has 0 aliphatic heterocycles. The Morgan fingerprint density at radius 1 is 1.35 bits per heavy atom. The molecule has 5 heteroatoms. The van der Waals surface area contributed by atoms with Gasteiger partial charge in [0.25, 0.3) is 0 Å². The average Bonchev–Trinajstić information content (AvgIpc) is 2.48. The topological polar surface area (TPSA) is 71.5 Å². The summed E-state index contributed by atoms with van der Waals surface area (Å²) < 4.78 is 5.11. The second kappa shape index (κ2) is 6.68. The van der Waals surface area contributed by atoms with Crippen LogP contribution in [0.2, 0.25) is 0 Å². The van der Waals surface area contributed by atoms with Crippen LogP contribution >= 0.6 is 0 Å². The first-order valence-corrected chi connectivity index (χ1v) is 6.21. The third kappa shape index (κ3) is 3.55. The van der Waals surface area contributed by atoms with Crippen molar-refractivity contribution in [3.63, 3.8) is 0 Å². The molecule has 0 saturated heterocycles. The minimum atomic E-state index is -0.936. The van der Waals surface area contributed by atoms with Gasteiger partial charge in [-0.3, -0.25) is 15.1 Å². The number of carboxylic acids is 1. The summed E-state index contributed by atoms with van der Waals surface area (Å²) in [5.74, 6) is -0.303. The van der Waals surface area contributed by atoms with Crippen molar-refractivity contribution in [2.75, 3.05) is 7.11 Å². The fraction of sp³-hybridized carbons (Fsp3) is 0.200. The number of aromatic nitrogens is 1. The van der Waals surface area contributed by atoms with E-state index in [0.29, 0.717) is 17.9 Å². The molecule has 104 valence electrons. The van der Waals surface area contributed by atoms with Gasteiger partial charge in [0.2, 0.25) is 0 Å². The lowest BCUT2D eigenvalue weighted by atomic mass is 10.1. The molecule has 20 heavy (non-hydrogen) atoms. The van der Waals surface area contributed by atoms with Crippen molar-refractivity contribution in [1.29, 1.82) is 0 Å². The van der Waals surface area contributed by atoms with Crippen molar-refractivity contribution in [3.8, 4) is 5.75 Å². The van der Waals surface area contributed by atoms with Crippen molar-refractivity contribution >= 4 is 5.97 Å². The number of ether oxygens (including phenoxy) is 1. The van der Waals surface area contributed by atoms with Crippen LogP contribution in [0.15, 0.2) is 48.7 Å². The number of pyridine rings is 1. The predicted molar refractivity (Wildman–Crippen MR) is 74.4 cm³/mol. The number of nitrogens with zero attached hydrogens (tertiary/aromatic N) is 1. The van der Waals surface area contributed by atoms with Gasteiger partial charge in [-0.25, -0.2) is 0 Å². The van der Waals surface area contributed by atoms with E-state index in [1.807, 2.05) is 18.2 Å². The van der Waals surface area contributed by atoms with Crippen LogP contribution in [-0.2, 0) is 11.3 Å². The van der Waals surface area contributed by atoms with Crippen LogP contribution in [0.3, 0.4) is 0 Å². The number of hydrogen-bond acceptors (Lipinski definition) is 4. The molecule has 2 N–H and O–H groups in total. The molecule has 0 radical (unpaired) electrons. The Morgan fingerprint density at radius 3 is 2.85 bits per heavy atom. The second-order valence-electron chi connectivity index (χ2n) is 4.25. The molecule has 5 nitrogen and oxygen atoms in total. The Bertz CT molecular complexity index is 572. The molecule has 1 aromatic heterocycles. The Labute approximate surface area is 117 Å². The lowest BCUT2D eigenvalue weighted by molar-refractivity contribution is -0.139. The number of nitrogens with one attached hydrogen (secondary N) is 1. The molecule has 2 aromatic rings. The first kappa shape index (κ1) is 14.0. The highest BCUT2D eigenvalue weighted by Gasteiger charge is 2.19. The fourth-order valence-electron chi connectivity index (χ4n) is 1.88. The van der Waals surface area contributed by atoms with Crippen molar-refractivity contribution in [1.82, 2.24) is 10.3 Å². The lowest BCUT2D eigenvalue weighted by Crippen LogP contribution is -2.28. The van der Waals surface area contributed by atoms with Crippen molar-refractivity contribution in [2.24, 2.45) is 0 Å². The number of carbonyl (C=O) groups is 1. The Morgan fingerprint density at radius 2 is 2.20 bits per heavy atom. The summed E-state index contributed by atoms with van der Waals surface area (Å²) in [4.78, 5) is 15.6. The molecule has 0 aliphatic rings. The highest BCUT2D eigenvalue weighted by atomic mass is 16.5. The zero-order valence-corrected chi connectivity index (χ0v) is 11.1. The van der Waals surface area contributed by atoms with Gasteiger partial charge >= 0.3 is 5.97 Å². The molecule has 0 spiro atoms. The van der Waals surface area contributed by atoms with E-state index >= 15 is 0 Å². The van der Waals surface area contributed by atoms with Gasteiger partial charge in [-0.15, -0.1) is 0 Å². The van der Waals surface area contributed by atoms with Crippen LogP contribution in [-0.4, -0.2) is 23.2 Å². The zero-order chi connectivity index (χ0) is 14.4. The predicted octanol–water partition coefficient (Wildman–Crippen LogP) is 2.01. The lowest BCUT2D eigenvalue weighted by Gasteiger charge is -2.15. The number of rotatable bonds is 6. The van der Waals surface area contributed by atoms with E-state index in [2.05, 4.69) is 10.3 Å². The van der Waals surface area contributed by atoms with Gasteiger partial charge in [0.05, 0.1) is 12.8 Å². The van der Waals surface area contributed by atoms with Crippen LogP contribution in [0.5, 0.6) is 5.75 Å². The number of hydrogen-bond donors (Lipinski definition) is 2. The molecule has 1 unspecified atom stereocenters. The summed E-state index contributed by atoms with van der Waals surface area (Å²) >= 11 is 0. The van der Waals surface area contributed by atoms with Gasteiger partial charge in [-0.1, -0.05) is 18.2 Å². The van der Waals surface area contributed by atoms with E-state index in [0.717, 1.165) is 5.69 Å². The third-order valence-electron chi connectivity index (χ3n) is 2.89. The summed E-state index contributed by atoms with van der Waals surface area (Å²) in [6, 6.07) is 11.8. The molecule has 2 rings (SSSR count). The van der Waals surface area contributed by atoms with Crippen molar-refractivity contribution in [3.05, 3.63) is 59.9 Å². The Kier molecular flexibility index (Phi) is 4.68. The normalized spacial score (nSPS) is 11.8. The van der Waals surface area contributed by atoms with Crippen LogP contribution in [0, 0.1) is 0 Å². The largest absolute Gasteiger partial charge is 0.497 e. The number of benzene rings is 1. The van der Waals surface area contributed by atoms with E-state index in [4.69, 9.17) is 4.74 Å². The average molecular weight is 272 g/mol. The molecule has 0 bridgehead atoms. The van der Waals surface area contributed by atoms with Crippen molar-refractivity contribution < 1.29 is 14.6 Å². The molecular formula is C15H16N2O3.